The van der Waals surface area contributed by atoms with E-state index in [1.54, 1.807) is 7.05 Å². The van der Waals surface area contributed by atoms with Gasteiger partial charge in [0, 0.05) is 12.7 Å². The normalized spacial score (nSPS) is 10.3. The van der Waals surface area contributed by atoms with Crippen LogP contribution in [0.5, 0.6) is 0 Å². The summed E-state index contributed by atoms with van der Waals surface area (Å²) < 4.78 is 1.47. The van der Waals surface area contributed by atoms with E-state index < -0.39 is 0 Å². The molecule has 0 bridgehead atoms. The maximum atomic E-state index is 12.1. The van der Waals surface area contributed by atoms with Gasteiger partial charge in [-0.25, -0.2) is 0 Å². The van der Waals surface area contributed by atoms with Crippen LogP contribution < -0.4 is 11.1 Å². The number of nitrogens with one attached hydrogen (secondary N) is 1. The van der Waals surface area contributed by atoms with Crippen LogP contribution in [0.4, 0.5) is 11.5 Å². The van der Waals surface area contributed by atoms with Crippen molar-refractivity contribution in [2.45, 2.75) is 13.3 Å². The van der Waals surface area contributed by atoms with E-state index in [0.29, 0.717) is 11.4 Å². The summed E-state index contributed by atoms with van der Waals surface area (Å²) in [5.74, 6) is 0.128. The summed E-state index contributed by atoms with van der Waals surface area (Å²) in [5, 5.41) is 6.81. The van der Waals surface area contributed by atoms with Gasteiger partial charge >= 0.3 is 0 Å². The molecule has 1 amide bonds. The van der Waals surface area contributed by atoms with Gasteiger partial charge in [-0.3, -0.25) is 9.48 Å². The predicted molar refractivity (Wildman–Crippen MR) is 71.4 cm³/mol. The van der Waals surface area contributed by atoms with Gasteiger partial charge in [-0.1, -0.05) is 25.1 Å². The van der Waals surface area contributed by atoms with Crippen LogP contribution in [0.2, 0.25) is 0 Å². The van der Waals surface area contributed by atoms with E-state index in [0.717, 1.165) is 17.7 Å². The lowest BCUT2D eigenvalue weighted by atomic mass is 10.1. The summed E-state index contributed by atoms with van der Waals surface area (Å²) in [4.78, 5) is 12.1. The van der Waals surface area contributed by atoms with Crippen LogP contribution in [0, 0.1) is 0 Å². The molecular weight excluding hydrogens is 228 g/mol. The van der Waals surface area contributed by atoms with Crippen molar-refractivity contribution in [3.05, 3.63) is 41.6 Å². The lowest BCUT2D eigenvalue weighted by Crippen LogP contribution is -2.14. The van der Waals surface area contributed by atoms with E-state index in [9.17, 15) is 4.79 Å². The van der Waals surface area contributed by atoms with Crippen LogP contribution >= 0.6 is 0 Å². The molecule has 18 heavy (non-hydrogen) atoms. The topological polar surface area (TPSA) is 72.9 Å². The Labute approximate surface area is 106 Å². The lowest BCUT2D eigenvalue weighted by Gasteiger charge is -2.09. The third-order valence-corrected chi connectivity index (χ3v) is 2.88. The molecule has 0 aliphatic heterocycles. The average Bonchev–Trinajstić information content (AvgIpc) is 2.71. The maximum absolute atomic E-state index is 12.1. The van der Waals surface area contributed by atoms with Gasteiger partial charge in [0.1, 0.15) is 11.4 Å². The monoisotopic (exact) mass is 244 g/mol. The largest absolute Gasteiger partial charge is 0.383 e. The molecule has 2 rings (SSSR count). The van der Waals surface area contributed by atoms with Crippen molar-refractivity contribution < 1.29 is 4.79 Å². The Morgan fingerprint density at radius 3 is 2.78 bits per heavy atom. The Kier molecular flexibility index (Phi) is 3.32. The second-order valence-corrected chi connectivity index (χ2v) is 4.03. The first kappa shape index (κ1) is 12.2. The van der Waals surface area contributed by atoms with Gasteiger partial charge in [0.15, 0.2) is 0 Å². The van der Waals surface area contributed by atoms with Crippen LogP contribution in [0.25, 0.3) is 0 Å². The SMILES string of the molecule is CCc1ccccc1NC(=O)c1cnn(C)c1N. The molecule has 94 valence electrons. The first-order valence-electron chi connectivity index (χ1n) is 5.80. The zero-order valence-electron chi connectivity index (χ0n) is 10.5. The van der Waals surface area contributed by atoms with Gasteiger partial charge in [-0.2, -0.15) is 5.10 Å². The number of nitrogens with zero attached hydrogens (tertiary/aromatic N) is 2. The Hall–Kier alpha value is -2.30. The summed E-state index contributed by atoms with van der Waals surface area (Å²) in [5.41, 5.74) is 8.06. The molecule has 0 saturated carbocycles. The highest BCUT2D eigenvalue weighted by molar-refractivity contribution is 6.07. The molecule has 0 atom stereocenters. The van der Waals surface area contributed by atoms with E-state index in [1.807, 2.05) is 31.2 Å². The first-order chi connectivity index (χ1) is 8.63. The molecule has 0 fully saturated rings. The summed E-state index contributed by atoms with van der Waals surface area (Å²) in [6.45, 7) is 2.05. The molecule has 0 aliphatic carbocycles. The number of amides is 1. The molecular formula is C13H16N4O. The fraction of sp³-hybridized carbons (Fsp3) is 0.231. The molecule has 1 heterocycles. The molecule has 1 aromatic carbocycles. The van der Waals surface area contributed by atoms with E-state index in [-0.39, 0.29) is 5.91 Å². The quantitative estimate of drug-likeness (QED) is 0.865. The minimum atomic E-state index is -0.235. The second kappa shape index (κ2) is 4.91. The molecule has 0 spiro atoms. The molecule has 5 nitrogen and oxygen atoms in total. The number of benzene rings is 1. The third-order valence-electron chi connectivity index (χ3n) is 2.88. The summed E-state index contributed by atoms with van der Waals surface area (Å²) in [7, 11) is 1.70. The smallest absolute Gasteiger partial charge is 0.261 e. The molecule has 2 aromatic rings. The molecule has 3 N–H and O–H groups in total. The van der Waals surface area contributed by atoms with Gasteiger partial charge in [0.25, 0.3) is 5.91 Å². The van der Waals surface area contributed by atoms with Gasteiger partial charge in [0.05, 0.1) is 6.20 Å². The number of carbonyl (C=O) groups excluding carboxylic acids is 1. The van der Waals surface area contributed by atoms with Gasteiger partial charge < -0.3 is 11.1 Å². The second-order valence-electron chi connectivity index (χ2n) is 4.03. The van der Waals surface area contributed by atoms with Crippen molar-refractivity contribution in [1.82, 2.24) is 9.78 Å². The van der Waals surface area contributed by atoms with E-state index in [1.165, 1.54) is 10.9 Å². The van der Waals surface area contributed by atoms with Crippen LogP contribution in [-0.2, 0) is 13.5 Å². The highest BCUT2D eigenvalue weighted by Crippen LogP contribution is 2.18. The lowest BCUT2D eigenvalue weighted by molar-refractivity contribution is 0.102. The molecule has 0 unspecified atom stereocenters. The number of carbonyl (C=O) groups is 1. The Morgan fingerprint density at radius 2 is 2.17 bits per heavy atom. The Morgan fingerprint density at radius 1 is 1.44 bits per heavy atom. The summed E-state index contributed by atoms with van der Waals surface area (Å²) in [6.07, 6.45) is 2.33. The Bertz CT molecular complexity index is 574. The summed E-state index contributed by atoms with van der Waals surface area (Å²) >= 11 is 0. The highest BCUT2D eigenvalue weighted by Gasteiger charge is 2.14. The van der Waals surface area contributed by atoms with Crippen molar-refractivity contribution >= 4 is 17.4 Å². The zero-order valence-corrected chi connectivity index (χ0v) is 10.5. The number of anilines is 2. The number of hydrogen-bond acceptors (Lipinski definition) is 3. The molecule has 1 aromatic heterocycles. The van der Waals surface area contributed by atoms with Crippen LogP contribution in [0.15, 0.2) is 30.5 Å². The van der Waals surface area contributed by atoms with Gasteiger partial charge in [-0.15, -0.1) is 0 Å². The fourth-order valence-corrected chi connectivity index (χ4v) is 1.76. The standard InChI is InChI=1S/C13H16N4O/c1-3-9-6-4-5-7-11(9)16-13(18)10-8-15-17(2)12(10)14/h4-8H,3,14H2,1-2H3,(H,16,18). The molecule has 5 heteroatoms. The predicted octanol–water partition coefficient (Wildman–Crippen LogP) is 1.82. The first-order valence-corrected chi connectivity index (χ1v) is 5.80. The van der Waals surface area contributed by atoms with E-state index >= 15 is 0 Å². The Balaban J connectivity index is 2.24. The number of aromatic nitrogens is 2. The molecule has 0 saturated heterocycles. The number of rotatable bonds is 3. The number of hydrogen-bond donors (Lipinski definition) is 2. The summed E-state index contributed by atoms with van der Waals surface area (Å²) in [6, 6.07) is 7.71. The average molecular weight is 244 g/mol. The number of para-hydroxylation sites is 1. The van der Waals surface area contributed by atoms with Crippen molar-refractivity contribution in [3.8, 4) is 0 Å². The van der Waals surface area contributed by atoms with Gasteiger partial charge in [0.2, 0.25) is 0 Å². The maximum Gasteiger partial charge on any atom is 0.261 e. The van der Waals surface area contributed by atoms with Crippen molar-refractivity contribution in [2.24, 2.45) is 7.05 Å². The minimum absolute atomic E-state index is 0.235. The van der Waals surface area contributed by atoms with Crippen LogP contribution in [0.1, 0.15) is 22.8 Å². The van der Waals surface area contributed by atoms with Crippen molar-refractivity contribution in [3.63, 3.8) is 0 Å². The van der Waals surface area contributed by atoms with E-state index in [2.05, 4.69) is 10.4 Å². The van der Waals surface area contributed by atoms with Crippen molar-refractivity contribution in [1.29, 1.82) is 0 Å². The van der Waals surface area contributed by atoms with E-state index in [4.69, 9.17) is 5.73 Å². The third kappa shape index (κ3) is 2.20. The zero-order chi connectivity index (χ0) is 13.1. The highest BCUT2D eigenvalue weighted by atomic mass is 16.1. The number of nitrogens with two attached hydrogens (primary N) is 1. The number of nitrogen functional groups attached to an aromatic ring is 1. The van der Waals surface area contributed by atoms with Gasteiger partial charge in [-0.05, 0) is 18.1 Å². The van der Waals surface area contributed by atoms with Crippen molar-refractivity contribution in [2.75, 3.05) is 11.1 Å². The minimum Gasteiger partial charge on any atom is -0.383 e. The number of aryl methyl sites for hydroxylation is 2. The van der Waals surface area contributed by atoms with Crippen LogP contribution in [-0.4, -0.2) is 15.7 Å². The molecule has 0 radical (unpaired) electrons. The fourth-order valence-electron chi connectivity index (χ4n) is 1.76. The molecule has 0 aliphatic rings. The van der Waals surface area contributed by atoms with Crippen LogP contribution in [0.3, 0.4) is 0 Å².